The molecule has 2 rings (SSSR count). The second-order valence-corrected chi connectivity index (χ2v) is 6.17. The minimum Gasteiger partial charge on any atom is -0.444 e. The number of ether oxygens (including phenoxy) is 1. The lowest BCUT2D eigenvalue weighted by Crippen LogP contribution is -2.61. The number of carbonyl (C=O) groups is 1. The third kappa shape index (κ3) is 2.03. The summed E-state index contributed by atoms with van der Waals surface area (Å²) >= 11 is 0. The third-order valence-corrected chi connectivity index (χ3v) is 3.44. The van der Waals surface area contributed by atoms with Crippen LogP contribution >= 0.6 is 0 Å². The van der Waals surface area contributed by atoms with Gasteiger partial charge in [0.2, 0.25) is 0 Å². The average molecular weight is 226 g/mol. The fourth-order valence-electron chi connectivity index (χ4n) is 2.72. The van der Waals surface area contributed by atoms with Crippen molar-refractivity contribution in [1.29, 1.82) is 0 Å². The topological polar surface area (TPSA) is 41.6 Å². The van der Waals surface area contributed by atoms with Crippen molar-refractivity contribution in [1.82, 2.24) is 10.2 Å². The van der Waals surface area contributed by atoms with Crippen molar-refractivity contribution in [3.63, 3.8) is 0 Å². The average Bonchev–Trinajstić information content (AvgIpc) is 2.30. The van der Waals surface area contributed by atoms with Crippen molar-refractivity contribution in [2.45, 2.75) is 57.7 Å². The summed E-state index contributed by atoms with van der Waals surface area (Å²) in [4.78, 5) is 14.1. The minimum atomic E-state index is -0.405. The van der Waals surface area contributed by atoms with Crippen LogP contribution in [0.4, 0.5) is 4.79 Å². The van der Waals surface area contributed by atoms with Gasteiger partial charge < -0.3 is 10.1 Å². The molecule has 0 spiro atoms. The Morgan fingerprint density at radius 2 is 2.19 bits per heavy atom. The normalized spacial score (nSPS) is 34.0. The predicted molar refractivity (Wildman–Crippen MR) is 62.4 cm³/mol. The van der Waals surface area contributed by atoms with Crippen LogP contribution in [0.1, 0.15) is 40.5 Å². The maximum absolute atomic E-state index is 12.2. The van der Waals surface area contributed by atoms with Gasteiger partial charge in [-0.05, 0) is 40.5 Å². The van der Waals surface area contributed by atoms with Crippen LogP contribution < -0.4 is 5.32 Å². The summed E-state index contributed by atoms with van der Waals surface area (Å²) in [5, 5.41) is 3.39. The number of carbonyl (C=O) groups excluding carboxylic acids is 1. The van der Waals surface area contributed by atoms with E-state index in [0.717, 1.165) is 25.9 Å². The summed E-state index contributed by atoms with van der Waals surface area (Å²) in [6.07, 6.45) is 2.01. The molecule has 2 fully saturated rings. The predicted octanol–water partition coefficient (Wildman–Crippen LogP) is 1.75. The lowest BCUT2D eigenvalue weighted by molar-refractivity contribution is -0.00607. The molecule has 2 heterocycles. The van der Waals surface area contributed by atoms with E-state index < -0.39 is 5.60 Å². The molecule has 0 radical (unpaired) electrons. The molecule has 1 N–H and O–H groups in total. The van der Waals surface area contributed by atoms with E-state index >= 15 is 0 Å². The van der Waals surface area contributed by atoms with Gasteiger partial charge in [0.25, 0.3) is 0 Å². The Balaban J connectivity index is 2.12. The lowest BCUT2D eigenvalue weighted by atomic mass is 9.99. The zero-order valence-electron chi connectivity index (χ0n) is 10.7. The van der Waals surface area contributed by atoms with Crippen LogP contribution in [-0.4, -0.2) is 41.3 Å². The largest absolute Gasteiger partial charge is 0.444 e. The number of fused-ring (bicyclic) bond motifs is 2. The molecule has 1 amide bonds. The zero-order chi connectivity index (χ0) is 12.0. The van der Waals surface area contributed by atoms with E-state index in [1.807, 2.05) is 25.7 Å². The van der Waals surface area contributed by atoms with Crippen molar-refractivity contribution in [3.8, 4) is 0 Å². The first-order valence-corrected chi connectivity index (χ1v) is 6.05. The molecule has 0 aliphatic carbocycles. The molecule has 4 nitrogen and oxygen atoms in total. The molecule has 2 aliphatic rings. The van der Waals surface area contributed by atoms with Crippen molar-refractivity contribution in [2.75, 3.05) is 13.1 Å². The molecule has 0 aromatic carbocycles. The van der Waals surface area contributed by atoms with Crippen LogP contribution in [0.25, 0.3) is 0 Å². The summed E-state index contributed by atoms with van der Waals surface area (Å²) in [5.41, 5.74) is -0.455. The molecule has 2 atom stereocenters. The van der Waals surface area contributed by atoms with E-state index in [9.17, 15) is 4.79 Å². The first-order valence-electron chi connectivity index (χ1n) is 6.05. The van der Waals surface area contributed by atoms with E-state index in [1.54, 1.807) is 0 Å². The van der Waals surface area contributed by atoms with Gasteiger partial charge in [-0.3, -0.25) is 4.90 Å². The molecule has 92 valence electrons. The first-order chi connectivity index (χ1) is 7.32. The van der Waals surface area contributed by atoms with E-state index in [0.29, 0.717) is 6.04 Å². The van der Waals surface area contributed by atoms with Crippen LogP contribution in [0.5, 0.6) is 0 Å². The highest BCUT2D eigenvalue weighted by Crippen LogP contribution is 2.36. The highest BCUT2D eigenvalue weighted by Gasteiger charge is 2.49. The molecule has 2 saturated heterocycles. The Labute approximate surface area is 97.3 Å². The van der Waals surface area contributed by atoms with Crippen LogP contribution in [-0.2, 0) is 4.74 Å². The van der Waals surface area contributed by atoms with Gasteiger partial charge >= 0.3 is 6.09 Å². The van der Waals surface area contributed by atoms with Crippen LogP contribution in [0.15, 0.2) is 0 Å². The molecule has 4 heteroatoms. The second kappa shape index (κ2) is 3.62. The van der Waals surface area contributed by atoms with E-state index in [2.05, 4.69) is 12.2 Å². The quantitative estimate of drug-likeness (QED) is 0.684. The lowest BCUT2D eigenvalue weighted by Gasteiger charge is -2.43. The number of nitrogens with zero attached hydrogens (tertiary/aromatic N) is 1. The van der Waals surface area contributed by atoms with Gasteiger partial charge in [-0.1, -0.05) is 0 Å². The summed E-state index contributed by atoms with van der Waals surface area (Å²) in [6.45, 7) is 9.66. The molecule has 2 bridgehead atoms. The number of nitrogens with one attached hydrogen (secondary N) is 1. The maximum Gasteiger partial charge on any atom is 0.411 e. The SMILES string of the molecule is CC(C)(C)OC(=O)N1C2CC[C@@]1(C)CNC2. The monoisotopic (exact) mass is 226 g/mol. The second-order valence-electron chi connectivity index (χ2n) is 6.17. The molecule has 2 aliphatic heterocycles. The summed E-state index contributed by atoms with van der Waals surface area (Å²) in [5.74, 6) is 0. The number of hydrogen-bond donors (Lipinski definition) is 1. The standard InChI is InChI=1S/C12H22N2O2/c1-11(2,3)16-10(15)14-9-5-6-12(14,4)8-13-7-9/h9,13H,5-8H2,1-4H3/t9?,12-/m0/s1. The van der Waals surface area contributed by atoms with Gasteiger partial charge in [0.1, 0.15) is 5.60 Å². The van der Waals surface area contributed by atoms with Crippen LogP contribution in [0.3, 0.4) is 0 Å². The smallest absolute Gasteiger partial charge is 0.411 e. The fourth-order valence-corrected chi connectivity index (χ4v) is 2.72. The summed E-state index contributed by atoms with van der Waals surface area (Å²) in [6, 6.07) is 0.314. The van der Waals surface area contributed by atoms with Crippen molar-refractivity contribution < 1.29 is 9.53 Å². The molecule has 1 unspecified atom stereocenters. The van der Waals surface area contributed by atoms with Crippen molar-refractivity contribution in [2.24, 2.45) is 0 Å². The number of hydrogen-bond acceptors (Lipinski definition) is 3. The molecule has 0 saturated carbocycles. The number of amides is 1. The fraction of sp³-hybridized carbons (Fsp3) is 0.917. The van der Waals surface area contributed by atoms with Crippen LogP contribution in [0.2, 0.25) is 0 Å². The van der Waals surface area contributed by atoms with Crippen LogP contribution in [0, 0.1) is 0 Å². The minimum absolute atomic E-state index is 0.0503. The Morgan fingerprint density at radius 1 is 1.50 bits per heavy atom. The first kappa shape index (κ1) is 11.7. The van der Waals surface area contributed by atoms with Gasteiger partial charge in [0.05, 0.1) is 5.54 Å². The zero-order valence-corrected chi connectivity index (χ0v) is 10.7. The van der Waals surface area contributed by atoms with Gasteiger partial charge in [0.15, 0.2) is 0 Å². The van der Waals surface area contributed by atoms with Crippen molar-refractivity contribution in [3.05, 3.63) is 0 Å². The number of rotatable bonds is 0. The molecule has 16 heavy (non-hydrogen) atoms. The van der Waals surface area contributed by atoms with Gasteiger partial charge in [-0.15, -0.1) is 0 Å². The van der Waals surface area contributed by atoms with Gasteiger partial charge in [-0.25, -0.2) is 4.79 Å². The van der Waals surface area contributed by atoms with Crippen molar-refractivity contribution >= 4 is 6.09 Å². The highest BCUT2D eigenvalue weighted by molar-refractivity contribution is 5.70. The molecule has 0 aromatic heterocycles. The summed E-state index contributed by atoms with van der Waals surface area (Å²) in [7, 11) is 0. The van der Waals surface area contributed by atoms with Gasteiger partial charge in [0, 0.05) is 19.1 Å². The maximum atomic E-state index is 12.2. The third-order valence-electron chi connectivity index (χ3n) is 3.44. The summed E-state index contributed by atoms with van der Waals surface area (Å²) < 4.78 is 5.48. The Hall–Kier alpha value is -0.770. The highest BCUT2D eigenvalue weighted by atomic mass is 16.6. The molecule has 0 aromatic rings. The Bertz CT molecular complexity index is 294. The Morgan fingerprint density at radius 3 is 2.75 bits per heavy atom. The van der Waals surface area contributed by atoms with E-state index in [-0.39, 0.29) is 11.6 Å². The molecular weight excluding hydrogens is 204 g/mol. The molecular formula is C12H22N2O2. The van der Waals surface area contributed by atoms with E-state index in [4.69, 9.17) is 4.74 Å². The Kier molecular flexibility index (Phi) is 2.65. The van der Waals surface area contributed by atoms with Gasteiger partial charge in [-0.2, -0.15) is 0 Å². The van der Waals surface area contributed by atoms with E-state index in [1.165, 1.54) is 0 Å². The number of piperazine rings is 1.